The Morgan fingerprint density at radius 2 is 1.78 bits per heavy atom. The first-order valence-electron chi connectivity index (χ1n) is 7.92. The molecule has 0 saturated heterocycles. The smallest absolute Gasteiger partial charge is 0.254 e. The Morgan fingerprint density at radius 1 is 1.13 bits per heavy atom. The lowest BCUT2D eigenvalue weighted by molar-refractivity contribution is 0.0755. The van der Waals surface area contributed by atoms with Crippen LogP contribution in [0.5, 0.6) is 0 Å². The molecule has 0 atom stereocenters. The molecule has 2 aromatic rings. The Morgan fingerprint density at radius 3 is 2.39 bits per heavy atom. The molecule has 1 heterocycles. The van der Waals surface area contributed by atoms with Gasteiger partial charge < -0.3 is 10.2 Å². The zero-order chi connectivity index (χ0) is 16.7. The van der Waals surface area contributed by atoms with E-state index in [-0.39, 0.29) is 11.7 Å². The summed E-state index contributed by atoms with van der Waals surface area (Å²) in [6, 6.07) is 9.46. The van der Waals surface area contributed by atoms with Crippen molar-refractivity contribution >= 4 is 17.4 Å². The first-order chi connectivity index (χ1) is 11.1. The fraction of sp³-hybridized carbons (Fsp3) is 0.333. The second kappa shape index (κ2) is 8.27. The molecule has 1 aromatic heterocycles. The third-order valence-corrected chi connectivity index (χ3v) is 3.40. The van der Waals surface area contributed by atoms with Gasteiger partial charge in [0.25, 0.3) is 5.91 Å². The minimum Gasteiger partial charge on any atom is -0.340 e. The molecule has 4 nitrogen and oxygen atoms in total. The predicted octanol–water partition coefficient (Wildman–Crippen LogP) is 4.23. The van der Waals surface area contributed by atoms with Crippen LogP contribution >= 0.6 is 0 Å². The molecule has 23 heavy (non-hydrogen) atoms. The molecular weight excluding hydrogens is 293 g/mol. The van der Waals surface area contributed by atoms with Crippen molar-refractivity contribution in [3.8, 4) is 0 Å². The van der Waals surface area contributed by atoms with Gasteiger partial charge in [-0.05, 0) is 49.2 Å². The summed E-state index contributed by atoms with van der Waals surface area (Å²) in [5, 5.41) is 3.08. The van der Waals surface area contributed by atoms with Crippen molar-refractivity contribution < 1.29 is 9.18 Å². The Bertz CT molecular complexity index is 637. The molecule has 0 spiro atoms. The molecule has 0 aliphatic heterocycles. The first kappa shape index (κ1) is 16.9. The zero-order valence-electron chi connectivity index (χ0n) is 13.6. The number of aromatic nitrogens is 1. The summed E-state index contributed by atoms with van der Waals surface area (Å²) in [4.78, 5) is 18.7. The highest BCUT2D eigenvalue weighted by molar-refractivity contribution is 5.95. The standard InChI is InChI=1S/C18H22FN3O/c1-3-11-22(12-4-2)18(23)14-9-10-20-17(13-14)21-16-7-5-15(19)6-8-16/h5-10,13H,3-4,11-12H2,1-2H3,(H,20,21). The summed E-state index contributed by atoms with van der Waals surface area (Å²) in [6.07, 6.45) is 3.46. The zero-order valence-corrected chi connectivity index (χ0v) is 13.6. The topological polar surface area (TPSA) is 45.2 Å². The number of benzene rings is 1. The Balaban J connectivity index is 2.14. The molecule has 0 fully saturated rings. The predicted molar refractivity (Wildman–Crippen MR) is 90.4 cm³/mol. The van der Waals surface area contributed by atoms with Gasteiger partial charge in [0, 0.05) is 30.5 Å². The number of hydrogen-bond donors (Lipinski definition) is 1. The average Bonchev–Trinajstić information content (AvgIpc) is 2.56. The van der Waals surface area contributed by atoms with Crippen LogP contribution in [0.4, 0.5) is 15.9 Å². The van der Waals surface area contributed by atoms with Gasteiger partial charge in [0.05, 0.1) is 0 Å². The molecule has 0 aliphatic carbocycles. The Hall–Kier alpha value is -2.43. The van der Waals surface area contributed by atoms with Crippen LogP contribution in [-0.2, 0) is 0 Å². The van der Waals surface area contributed by atoms with E-state index in [9.17, 15) is 9.18 Å². The largest absolute Gasteiger partial charge is 0.340 e. The van der Waals surface area contributed by atoms with Crippen LogP contribution in [0.15, 0.2) is 42.6 Å². The summed E-state index contributed by atoms with van der Waals surface area (Å²) in [5.74, 6) is 0.288. The maximum atomic E-state index is 12.9. The van der Waals surface area contributed by atoms with Gasteiger partial charge in [0.1, 0.15) is 11.6 Å². The van der Waals surface area contributed by atoms with E-state index in [1.54, 1.807) is 30.5 Å². The molecule has 2 rings (SSSR count). The highest BCUT2D eigenvalue weighted by Crippen LogP contribution is 2.17. The van der Waals surface area contributed by atoms with Crippen LogP contribution in [-0.4, -0.2) is 28.9 Å². The van der Waals surface area contributed by atoms with Crippen molar-refractivity contribution in [1.82, 2.24) is 9.88 Å². The minimum atomic E-state index is -0.290. The SMILES string of the molecule is CCCN(CCC)C(=O)c1ccnc(Nc2ccc(F)cc2)c1. The fourth-order valence-electron chi connectivity index (χ4n) is 2.35. The second-order valence-corrected chi connectivity index (χ2v) is 5.35. The molecule has 122 valence electrons. The van der Waals surface area contributed by atoms with E-state index in [0.717, 1.165) is 31.6 Å². The lowest BCUT2D eigenvalue weighted by atomic mass is 10.2. The van der Waals surface area contributed by atoms with Gasteiger partial charge in [-0.15, -0.1) is 0 Å². The van der Waals surface area contributed by atoms with Crippen molar-refractivity contribution in [1.29, 1.82) is 0 Å². The van der Waals surface area contributed by atoms with Gasteiger partial charge in [-0.1, -0.05) is 13.8 Å². The van der Waals surface area contributed by atoms with Crippen molar-refractivity contribution in [2.45, 2.75) is 26.7 Å². The minimum absolute atomic E-state index is 0.0123. The van der Waals surface area contributed by atoms with Crippen molar-refractivity contribution in [3.63, 3.8) is 0 Å². The van der Waals surface area contributed by atoms with E-state index in [0.29, 0.717) is 11.4 Å². The van der Waals surface area contributed by atoms with Crippen LogP contribution in [0.1, 0.15) is 37.0 Å². The molecule has 0 saturated carbocycles. The summed E-state index contributed by atoms with van der Waals surface area (Å²) in [5.41, 5.74) is 1.33. The molecule has 0 bridgehead atoms. The van der Waals surface area contributed by atoms with E-state index in [1.807, 2.05) is 4.90 Å². The number of amides is 1. The van der Waals surface area contributed by atoms with Crippen molar-refractivity contribution in [3.05, 3.63) is 54.0 Å². The summed E-state index contributed by atoms with van der Waals surface area (Å²) in [7, 11) is 0. The first-order valence-corrected chi connectivity index (χ1v) is 7.92. The highest BCUT2D eigenvalue weighted by atomic mass is 19.1. The maximum Gasteiger partial charge on any atom is 0.254 e. The van der Waals surface area contributed by atoms with Crippen LogP contribution < -0.4 is 5.32 Å². The highest BCUT2D eigenvalue weighted by Gasteiger charge is 2.14. The van der Waals surface area contributed by atoms with Crippen molar-refractivity contribution in [2.75, 3.05) is 18.4 Å². The number of carbonyl (C=O) groups excluding carboxylic acids is 1. The van der Waals surface area contributed by atoms with E-state index >= 15 is 0 Å². The van der Waals surface area contributed by atoms with Crippen LogP contribution in [0.25, 0.3) is 0 Å². The van der Waals surface area contributed by atoms with Crippen molar-refractivity contribution in [2.24, 2.45) is 0 Å². The molecule has 5 heteroatoms. The van der Waals surface area contributed by atoms with E-state index in [1.165, 1.54) is 12.1 Å². The van der Waals surface area contributed by atoms with Gasteiger partial charge in [0.2, 0.25) is 0 Å². The van der Waals surface area contributed by atoms with Crippen LogP contribution in [0.2, 0.25) is 0 Å². The van der Waals surface area contributed by atoms with Gasteiger partial charge in [0.15, 0.2) is 0 Å². The summed E-state index contributed by atoms with van der Waals surface area (Å²) in [6.45, 7) is 5.61. The fourth-order valence-corrected chi connectivity index (χ4v) is 2.35. The Kier molecular flexibility index (Phi) is 6.09. The van der Waals surface area contributed by atoms with Gasteiger partial charge >= 0.3 is 0 Å². The number of pyridine rings is 1. The number of anilines is 2. The number of hydrogen-bond acceptors (Lipinski definition) is 3. The molecule has 1 aromatic carbocycles. The number of nitrogens with zero attached hydrogens (tertiary/aromatic N) is 2. The average molecular weight is 315 g/mol. The van der Waals surface area contributed by atoms with E-state index in [2.05, 4.69) is 24.1 Å². The number of halogens is 1. The van der Waals surface area contributed by atoms with Gasteiger partial charge in [-0.3, -0.25) is 4.79 Å². The molecule has 1 amide bonds. The number of nitrogens with one attached hydrogen (secondary N) is 1. The monoisotopic (exact) mass is 315 g/mol. The third-order valence-electron chi connectivity index (χ3n) is 3.40. The summed E-state index contributed by atoms with van der Waals surface area (Å²) < 4.78 is 12.9. The normalized spacial score (nSPS) is 10.4. The second-order valence-electron chi connectivity index (χ2n) is 5.35. The van der Waals surface area contributed by atoms with Gasteiger partial charge in [-0.25, -0.2) is 9.37 Å². The van der Waals surface area contributed by atoms with Crippen LogP contribution in [0.3, 0.4) is 0 Å². The lowest BCUT2D eigenvalue weighted by Gasteiger charge is -2.21. The molecule has 0 aliphatic rings. The Labute approximate surface area is 136 Å². The third kappa shape index (κ3) is 4.77. The van der Waals surface area contributed by atoms with E-state index in [4.69, 9.17) is 0 Å². The molecular formula is C18H22FN3O. The van der Waals surface area contributed by atoms with Crippen LogP contribution in [0, 0.1) is 5.82 Å². The molecule has 1 N–H and O–H groups in total. The molecule has 0 radical (unpaired) electrons. The lowest BCUT2D eigenvalue weighted by Crippen LogP contribution is -2.32. The maximum absolute atomic E-state index is 12.9. The number of carbonyl (C=O) groups is 1. The number of rotatable bonds is 7. The van der Waals surface area contributed by atoms with Gasteiger partial charge in [-0.2, -0.15) is 0 Å². The van der Waals surface area contributed by atoms with E-state index < -0.39 is 0 Å². The molecule has 0 unspecified atom stereocenters. The quantitative estimate of drug-likeness (QED) is 0.832. The summed E-state index contributed by atoms with van der Waals surface area (Å²) >= 11 is 0.